The molecule has 10 nitrogen and oxygen atoms in total. The lowest BCUT2D eigenvalue weighted by Crippen LogP contribution is -2.60. The van der Waals surface area contributed by atoms with Gasteiger partial charge in [-0.15, -0.1) is 0 Å². The van der Waals surface area contributed by atoms with Crippen molar-refractivity contribution in [2.75, 3.05) is 30.4 Å². The van der Waals surface area contributed by atoms with E-state index in [1.165, 1.54) is 32.4 Å². The number of methoxy groups -OCH3 is 1. The molecule has 0 radical (unpaired) electrons. The lowest BCUT2D eigenvalue weighted by molar-refractivity contribution is -0.0498. The van der Waals surface area contributed by atoms with Gasteiger partial charge in [0.1, 0.15) is 39.7 Å². The number of alkyl halides is 2. The van der Waals surface area contributed by atoms with Crippen molar-refractivity contribution < 1.29 is 36.9 Å². The van der Waals surface area contributed by atoms with Gasteiger partial charge in [0.05, 0.1) is 24.0 Å². The summed E-state index contributed by atoms with van der Waals surface area (Å²) < 4.78 is 67.2. The Morgan fingerprint density at radius 2 is 1.72 bits per heavy atom. The number of benzene rings is 2. The fourth-order valence-corrected chi connectivity index (χ4v) is 5.02. The largest absolute Gasteiger partial charge is 0.497 e. The molecule has 0 atom stereocenters. The highest BCUT2D eigenvalue weighted by molar-refractivity contribution is 6.29. The summed E-state index contributed by atoms with van der Waals surface area (Å²) in [7, 11) is 2.56. The molecule has 1 saturated heterocycles. The number of carbonyl (C=O) groups excluding carboxylic acids is 1. The van der Waals surface area contributed by atoms with Crippen LogP contribution >= 0.6 is 11.6 Å². The zero-order valence-corrected chi connectivity index (χ0v) is 23.6. The highest BCUT2D eigenvalue weighted by atomic mass is 35.5. The Kier molecular flexibility index (Phi) is 7.84. The number of anilines is 2. The first kappa shape index (κ1) is 29.9. The molecule has 0 aliphatic carbocycles. The van der Waals surface area contributed by atoms with Crippen molar-refractivity contribution in [1.82, 2.24) is 14.3 Å². The molecule has 0 bridgehead atoms. The molecule has 1 fully saturated rings. The Bertz CT molecular complexity index is 1740. The van der Waals surface area contributed by atoms with Gasteiger partial charge in [0.2, 0.25) is 0 Å². The van der Waals surface area contributed by atoms with Crippen LogP contribution in [-0.2, 0) is 7.05 Å². The number of hydrogen-bond acceptors (Lipinski definition) is 7. The lowest BCUT2D eigenvalue weighted by Gasteiger charge is -2.46. The number of nitrogens with zero attached hydrogens (tertiary/aromatic N) is 4. The highest BCUT2D eigenvalue weighted by Crippen LogP contribution is 2.37. The molecular weight excluding hydrogens is 598 g/mol. The fourth-order valence-electron chi connectivity index (χ4n) is 4.88. The van der Waals surface area contributed by atoms with E-state index in [0.717, 1.165) is 33.6 Å². The molecule has 4 aromatic rings. The number of pyridine rings is 1. The third-order valence-corrected chi connectivity index (χ3v) is 6.97. The van der Waals surface area contributed by atoms with E-state index in [9.17, 15) is 23.5 Å². The van der Waals surface area contributed by atoms with Gasteiger partial charge in [0.25, 0.3) is 11.5 Å². The van der Waals surface area contributed by atoms with E-state index >= 15 is 8.78 Å². The second-order valence-corrected chi connectivity index (χ2v) is 10.4. The van der Waals surface area contributed by atoms with Crippen LogP contribution in [0.3, 0.4) is 0 Å². The summed E-state index contributed by atoms with van der Waals surface area (Å²) in [6.45, 7) is -1.04. The Morgan fingerprint density at radius 3 is 2.28 bits per heavy atom. The second kappa shape index (κ2) is 11.3. The number of amides is 1. The van der Waals surface area contributed by atoms with Crippen molar-refractivity contribution in [3.8, 4) is 28.6 Å². The molecule has 226 valence electrons. The summed E-state index contributed by atoms with van der Waals surface area (Å²) >= 11 is 6.18. The molecule has 1 amide bonds. The number of aromatic nitrogens is 3. The summed E-state index contributed by atoms with van der Waals surface area (Å²) in [5.74, 6) is -3.42. The average Bonchev–Trinajstić information content (AvgIpc) is 3.15. The van der Waals surface area contributed by atoms with Crippen LogP contribution < -0.4 is 25.2 Å². The third kappa shape index (κ3) is 5.75. The van der Waals surface area contributed by atoms with Crippen LogP contribution in [0.1, 0.15) is 17.3 Å². The molecule has 0 spiro atoms. The molecule has 0 saturated carbocycles. The number of ether oxygens (including phenoxy) is 2. The van der Waals surface area contributed by atoms with Crippen molar-refractivity contribution in [1.29, 1.82) is 0 Å². The van der Waals surface area contributed by atoms with E-state index in [0.29, 0.717) is 5.69 Å². The van der Waals surface area contributed by atoms with Crippen molar-refractivity contribution in [3.63, 3.8) is 0 Å². The molecule has 3 heterocycles. The lowest BCUT2D eigenvalue weighted by atomic mass is 9.96. The zero-order chi connectivity index (χ0) is 31.2. The molecule has 2 aromatic heterocycles. The normalized spacial score (nSPS) is 14.0. The van der Waals surface area contributed by atoms with Crippen LogP contribution in [0.2, 0.25) is 5.15 Å². The van der Waals surface area contributed by atoms with E-state index in [-0.39, 0.29) is 46.8 Å². The van der Waals surface area contributed by atoms with Crippen molar-refractivity contribution in [2.45, 2.75) is 19.1 Å². The smallest absolute Gasteiger partial charge is 0.387 e. The van der Waals surface area contributed by atoms with Crippen molar-refractivity contribution in [2.24, 2.45) is 7.05 Å². The minimum Gasteiger partial charge on any atom is -0.497 e. The van der Waals surface area contributed by atoms with Gasteiger partial charge in [-0.05, 0) is 43.3 Å². The number of hydrogen-bond donors (Lipinski definition) is 2. The van der Waals surface area contributed by atoms with Crippen LogP contribution in [-0.4, -0.2) is 57.8 Å². The van der Waals surface area contributed by atoms with Crippen LogP contribution in [0.4, 0.5) is 28.9 Å². The molecule has 1 aliphatic rings. The van der Waals surface area contributed by atoms with E-state index < -0.39 is 46.6 Å². The summed E-state index contributed by atoms with van der Waals surface area (Å²) in [6.07, 6.45) is 0. The van der Waals surface area contributed by atoms with Gasteiger partial charge in [-0.25, -0.2) is 13.8 Å². The number of aliphatic hydroxyl groups is 1. The van der Waals surface area contributed by atoms with Gasteiger partial charge in [-0.3, -0.25) is 14.3 Å². The molecule has 43 heavy (non-hydrogen) atoms. The fraction of sp³-hybridized carbons (Fsp3) is 0.250. The quantitative estimate of drug-likeness (QED) is 0.219. The standard InChI is InChI=1S/C28H24ClF4N5O5/c1-28(41)12-37(13-28)19-8-9-20(29)34-24(19)38-26(40)22(35-25(39)14-4-6-15(7-5-14)43-27(32)33)23(36(38)2)21-17(30)10-16(42-3)11-18(21)31/h4-11,27,41H,12-13H2,1-3H3,(H,35,39). The maximum atomic E-state index is 15.4. The van der Waals surface area contributed by atoms with E-state index in [2.05, 4.69) is 15.0 Å². The molecule has 15 heteroatoms. The molecule has 2 aromatic carbocycles. The first-order valence-corrected chi connectivity index (χ1v) is 13.0. The second-order valence-electron chi connectivity index (χ2n) is 10.0. The number of nitrogens with one attached hydrogen (secondary N) is 1. The van der Waals surface area contributed by atoms with Crippen LogP contribution in [0, 0.1) is 11.6 Å². The van der Waals surface area contributed by atoms with Gasteiger partial charge >= 0.3 is 6.61 Å². The number of β-amino-alcohol motifs (C(OH)–C–C–N with tert-alkyl or cyclic N) is 1. The topological polar surface area (TPSA) is 111 Å². The predicted molar refractivity (Wildman–Crippen MR) is 150 cm³/mol. The molecular formula is C28H24ClF4N5O5. The van der Waals surface area contributed by atoms with Crippen LogP contribution in [0.25, 0.3) is 17.1 Å². The zero-order valence-electron chi connectivity index (χ0n) is 22.9. The van der Waals surface area contributed by atoms with Gasteiger partial charge in [0.15, 0.2) is 5.82 Å². The Labute approximate surface area is 246 Å². The Morgan fingerprint density at radius 1 is 1.09 bits per heavy atom. The maximum Gasteiger partial charge on any atom is 0.387 e. The van der Waals surface area contributed by atoms with Crippen LogP contribution in [0.15, 0.2) is 53.3 Å². The summed E-state index contributed by atoms with van der Waals surface area (Å²) in [6, 6.07) is 9.49. The molecule has 2 N–H and O–H groups in total. The molecule has 1 aliphatic heterocycles. The first-order chi connectivity index (χ1) is 20.3. The van der Waals surface area contributed by atoms with Gasteiger partial charge in [0, 0.05) is 37.8 Å². The Balaban J connectivity index is 1.68. The number of rotatable bonds is 8. The predicted octanol–water partition coefficient (Wildman–Crippen LogP) is 4.60. The van der Waals surface area contributed by atoms with E-state index in [1.807, 2.05) is 0 Å². The number of halogens is 5. The monoisotopic (exact) mass is 621 g/mol. The summed E-state index contributed by atoms with van der Waals surface area (Å²) in [5.41, 5.74) is -3.10. The van der Waals surface area contributed by atoms with E-state index in [1.54, 1.807) is 17.9 Å². The maximum absolute atomic E-state index is 15.4. The third-order valence-electron chi connectivity index (χ3n) is 6.76. The minimum absolute atomic E-state index is 0.000755. The van der Waals surface area contributed by atoms with Crippen molar-refractivity contribution in [3.05, 3.63) is 81.2 Å². The van der Waals surface area contributed by atoms with Gasteiger partial charge < -0.3 is 24.8 Å². The molecule has 5 rings (SSSR count). The van der Waals surface area contributed by atoms with Crippen molar-refractivity contribution >= 4 is 28.9 Å². The summed E-state index contributed by atoms with van der Waals surface area (Å²) in [4.78, 5) is 33.3. The van der Waals surface area contributed by atoms with Gasteiger partial charge in [-0.2, -0.15) is 13.5 Å². The highest BCUT2D eigenvalue weighted by Gasteiger charge is 2.39. The molecule has 0 unspecified atom stereocenters. The van der Waals surface area contributed by atoms with Gasteiger partial charge in [-0.1, -0.05) is 11.6 Å². The first-order valence-electron chi connectivity index (χ1n) is 12.7. The SMILES string of the molecule is COc1cc(F)c(-c2c(NC(=O)c3ccc(OC(F)F)cc3)c(=O)n(-c3nc(Cl)ccc3N3CC(C)(O)C3)n2C)c(F)c1. The Hall–Kier alpha value is -4.56. The minimum atomic E-state index is -3.08. The summed E-state index contributed by atoms with van der Waals surface area (Å²) in [5, 5.41) is 12.7. The van der Waals surface area contributed by atoms with E-state index in [4.69, 9.17) is 16.3 Å². The number of carbonyl (C=O) groups is 1. The van der Waals surface area contributed by atoms with Crippen LogP contribution in [0.5, 0.6) is 11.5 Å². The average molecular weight is 622 g/mol.